The molecule has 1 atom stereocenters. The average molecular weight is 341 g/mol. The van der Waals surface area contributed by atoms with Crippen molar-refractivity contribution >= 4 is 34.2 Å². The Balaban J connectivity index is 2.30. The van der Waals surface area contributed by atoms with Crippen molar-refractivity contribution in [2.45, 2.75) is 25.3 Å². The number of fused-ring (bicyclic) bond motifs is 1. The Kier molecular flexibility index (Phi) is 5.35. The van der Waals surface area contributed by atoms with Gasteiger partial charge < -0.3 is 9.30 Å². The third-order valence-electron chi connectivity index (χ3n) is 2.88. The van der Waals surface area contributed by atoms with Crippen LogP contribution in [0.4, 0.5) is 13.2 Å². The molecule has 0 saturated carbocycles. The van der Waals surface area contributed by atoms with Crippen molar-refractivity contribution in [3.05, 3.63) is 28.8 Å². The molecule has 21 heavy (non-hydrogen) atoms. The van der Waals surface area contributed by atoms with Crippen molar-refractivity contribution in [3.63, 3.8) is 0 Å². The number of nitrogens with zero attached hydrogens (tertiary/aromatic N) is 2. The Morgan fingerprint density at radius 1 is 1.38 bits per heavy atom. The third kappa shape index (κ3) is 3.81. The average Bonchev–Trinajstić information content (AvgIpc) is 2.73. The minimum atomic E-state index is -2.52. The molecule has 0 bridgehead atoms. The maximum absolute atomic E-state index is 13.6. The minimum absolute atomic E-state index is 0.0325. The van der Waals surface area contributed by atoms with Gasteiger partial charge in [-0.15, -0.1) is 11.6 Å². The Labute approximate surface area is 129 Å². The lowest BCUT2D eigenvalue weighted by Gasteiger charge is -2.11. The number of hydrogen-bond donors (Lipinski definition) is 0. The molecule has 0 aliphatic heterocycles. The van der Waals surface area contributed by atoms with E-state index in [9.17, 15) is 13.2 Å². The lowest BCUT2D eigenvalue weighted by atomic mass is 10.3. The molecule has 2 aromatic rings. The predicted octanol–water partition coefficient (Wildman–Crippen LogP) is 4.41. The molecule has 2 rings (SSSR count). The van der Waals surface area contributed by atoms with Crippen LogP contribution in [0.5, 0.6) is 0 Å². The first-order chi connectivity index (χ1) is 9.90. The second-order valence-electron chi connectivity index (χ2n) is 4.46. The highest BCUT2D eigenvalue weighted by atomic mass is 35.5. The molecular formula is C13H13Cl2F3N2O. The first-order valence-electron chi connectivity index (χ1n) is 6.25. The summed E-state index contributed by atoms with van der Waals surface area (Å²) < 4.78 is 44.1. The summed E-state index contributed by atoms with van der Waals surface area (Å²) in [6.45, 7) is 1.38. The number of rotatable bonds is 6. The predicted molar refractivity (Wildman–Crippen MR) is 75.8 cm³/mol. The monoisotopic (exact) mass is 340 g/mol. The molecule has 0 spiro atoms. The van der Waals surface area contributed by atoms with Gasteiger partial charge in [0.1, 0.15) is 18.2 Å². The maximum atomic E-state index is 13.6. The van der Waals surface area contributed by atoms with Gasteiger partial charge in [0.05, 0.1) is 28.0 Å². The fourth-order valence-corrected chi connectivity index (χ4v) is 2.33. The number of benzene rings is 1. The van der Waals surface area contributed by atoms with Crippen LogP contribution < -0.4 is 0 Å². The van der Waals surface area contributed by atoms with Crippen LogP contribution in [0.15, 0.2) is 12.1 Å². The number of imidazole rings is 1. The van der Waals surface area contributed by atoms with Crippen LogP contribution in [-0.2, 0) is 11.3 Å². The van der Waals surface area contributed by atoms with E-state index in [1.165, 1.54) is 12.1 Å². The molecule has 8 heteroatoms. The molecule has 1 aromatic carbocycles. The zero-order chi connectivity index (χ0) is 15.6. The number of alkyl halides is 3. The summed E-state index contributed by atoms with van der Waals surface area (Å²) in [5, 5.41) is -0.454. The Hall–Kier alpha value is -0.980. The summed E-state index contributed by atoms with van der Waals surface area (Å²) >= 11 is 11.8. The van der Waals surface area contributed by atoms with Crippen LogP contribution in [0.25, 0.3) is 11.0 Å². The van der Waals surface area contributed by atoms with Crippen LogP contribution >= 0.6 is 23.2 Å². The second-order valence-corrected chi connectivity index (χ2v) is 5.52. The van der Waals surface area contributed by atoms with Gasteiger partial charge in [-0.1, -0.05) is 11.6 Å². The zero-order valence-corrected chi connectivity index (χ0v) is 12.6. The van der Waals surface area contributed by atoms with E-state index in [1.807, 2.05) is 0 Å². The maximum Gasteiger partial charge on any atom is 0.261 e. The number of aromatic nitrogens is 2. The fourth-order valence-electron chi connectivity index (χ4n) is 2.01. The van der Waals surface area contributed by atoms with Crippen LogP contribution in [-0.4, -0.2) is 29.2 Å². The normalized spacial score (nSPS) is 13.3. The van der Waals surface area contributed by atoms with Crippen molar-refractivity contribution in [3.8, 4) is 0 Å². The highest BCUT2D eigenvalue weighted by molar-refractivity contribution is 6.31. The molecule has 0 saturated heterocycles. The van der Waals surface area contributed by atoms with E-state index in [2.05, 4.69) is 4.98 Å². The lowest BCUT2D eigenvalue weighted by Crippen LogP contribution is -2.13. The van der Waals surface area contributed by atoms with Gasteiger partial charge in [-0.2, -0.15) is 0 Å². The van der Waals surface area contributed by atoms with Gasteiger partial charge in [0, 0.05) is 12.6 Å². The van der Waals surface area contributed by atoms with Crippen molar-refractivity contribution < 1.29 is 17.9 Å². The van der Waals surface area contributed by atoms with Gasteiger partial charge in [0.25, 0.3) is 6.43 Å². The van der Waals surface area contributed by atoms with Gasteiger partial charge in [0.2, 0.25) is 0 Å². The molecule has 3 nitrogen and oxygen atoms in total. The molecular weight excluding hydrogens is 328 g/mol. The van der Waals surface area contributed by atoms with E-state index in [-0.39, 0.29) is 18.2 Å². The smallest absolute Gasteiger partial charge is 0.261 e. The molecule has 0 radical (unpaired) electrons. The molecule has 1 unspecified atom stereocenters. The van der Waals surface area contributed by atoms with Crippen molar-refractivity contribution in [2.24, 2.45) is 0 Å². The molecule has 0 fully saturated rings. The first-order valence-corrected chi connectivity index (χ1v) is 7.06. The van der Waals surface area contributed by atoms with Crippen LogP contribution in [0.1, 0.15) is 18.1 Å². The minimum Gasteiger partial charge on any atom is -0.374 e. The Morgan fingerprint density at radius 2 is 2.10 bits per heavy atom. The first kappa shape index (κ1) is 16.4. The van der Waals surface area contributed by atoms with Gasteiger partial charge in [-0.3, -0.25) is 0 Å². The number of hydrogen-bond acceptors (Lipinski definition) is 2. The van der Waals surface area contributed by atoms with Crippen molar-refractivity contribution in [2.75, 3.05) is 13.2 Å². The summed E-state index contributed by atoms with van der Waals surface area (Å²) in [6.07, 6.45) is -2.52. The SMILES string of the molecule is CC(Cl)c1nc2cc(Cl)c(F)cc2n1CCOCC(F)F. The second kappa shape index (κ2) is 6.85. The Bertz CT molecular complexity index is 631. The van der Waals surface area contributed by atoms with Crippen LogP contribution in [0.2, 0.25) is 5.02 Å². The molecule has 1 heterocycles. The van der Waals surface area contributed by atoms with Crippen molar-refractivity contribution in [1.82, 2.24) is 9.55 Å². The van der Waals surface area contributed by atoms with Crippen LogP contribution in [0, 0.1) is 5.82 Å². The number of halogens is 5. The molecule has 116 valence electrons. The van der Waals surface area contributed by atoms with Crippen LogP contribution in [0.3, 0.4) is 0 Å². The van der Waals surface area contributed by atoms with Gasteiger partial charge >= 0.3 is 0 Å². The summed E-state index contributed by atoms with van der Waals surface area (Å²) in [4.78, 5) is 4.30. The standard InChI is InChI=1S/C13H13Cl2F3N2O/c1-7(14)13-19-10-4-8(15)9(16)5-11(10)20(13)2-3-21-6-12(17)18/h4-5,7,12H,2-3,6H2,1H3. The molecule has 0 N–H and O–H groups in total. The third-order valence-corrected chi connectivity index (χ3v) is 3.36. The topological polar surface area (TPSA) is 27.1 Å². The lowest BCUT2D eigenvalue weighted by molar-refractivity contribution is 0.0148. The zero-order valence-electron chi connectivity index (χ0n) is 11.1. The highest BCUT2D eigenvalue weighted by Gasteiger charge is 2.17. The molecule has 0 aliphatic carbocycles. The van der Waals surface area contributed by atoms with Crippen molar-refractivity contribution in [1.29, 1.82) is 0 Å². The van der Waals surface area contributed by atoms with Gasteiger partial charge in [0.15, 0.2) is 0 Å². The summed E-state index contributed by atoms with van der Waals surface area (Å²) in [6, 6.07) is 2.66. The van der Waals surface area contributed by atoms with E-state index in [0.29, 0.717) is 16.9 Å². The molecule has 0 aliphatic rings. The molecule has 0 amide bonds. The van der Waals surface area contributed by atoms with Gasteiger partial charge in [-0.05, 0) is 13.0 Å². The van der Waals surface area contributed by atoms with E-state index >= 15 is 0 Å². The summed E-state index contributed by atoms with van der Waals surface area (Å²) in [7, 11) is 0. The fraction of sp³-hybridized carbons (Fsp3) is 0.462. The quantitative estimate of drug-likeness (QED) is 0.575. The summed E-state index contributed by atoms with van der Waals surface area (Å²) in [5.74, 6) is -0.0680. The number of ether oxygens (including phenoxy) is 1. The highest BCUT2D eigenvalue weighted by Crippen LogP contribution is 2.28. The largest absolute Gasteiger partial charge is 0.374 e. The van der Waals surface area contributed by atoms with E-state index < -0.39 is 24.2 Å². The Morgan fingerprint density at radius 3 is 2.71 bits per heavy atom. The van der Waals surface area contributed by atoms with E-state index in [0.717, 1.165) is 0 Å². The van der Waals surface area contributed by atoms with E-state index in [1.54, 1.807) is 11.5 Å². The van der Waals surface area contributed by atoms with E-state index in [4.69, 9.17) is 27.9 Å². The summed E-state index contributed by atoms with van der Waals surface area (Å²) in [5.41, 5.74) is 0.998. The van der Waals surface area contributed by atoms with Gasteiger partial charge in [-0.25, -0.2) is 18.2 Å². The molecule has 1 aromatic heterocycles.